The predicted octanol–water partition coefficient (Wildman–Crippen LogP) is 3.52. The second kappa shape index (κ2) is 6.89. The van der Waals surface area contributed by atoms with Gasteiger partial charge in [0, 0.05) is 12.2 Å². The summed E-state index contributed by atoms with van der Waals surface area (Å²) >= 11 is 3.05. The summed E-state index contributed by atoms with van der Waals surface area (Å²) in [6.45, 7) is 4.98. The number of amides is 2. The van der Waals surface area contributed by atoms with Crippen LogP contribution in [-0.2, 0) is 4.79 Å². The van der Waals surface area contributed by atoms with Gasteiger partial charge in [0.1, 0.15) is 5.82 Å². The van der Waals surface area contributed by atoms with Crippen LogP contribution in [0.3, 0.4) is 0 Å². The summed E-state index contributed by atoms with van der Waals surface area (Å²) in [6.07, 6.45) is 0.393. The Morgan fingerprint density at radius 2 is 2.05 bits per heavy atom. The Morgan fingerprint density at radius 3 is 2.57 bits per heavy atom. The fourth-order valence-corrected chi connectivity index (χ4v) is 1.92. The minimum Gasteiger partial charge on any atom is -0.481 e. The van der Waals surface area contributed by atoms with Gasteiger partial charge in [-0.1, -0.05) is 6.92 Å². The van der Waals surface area contributed by atoms with E-state index < -0.39 is 23.2 Å². The number of nitrogens with one attached hydrogen (secondary N) is 2. The molecule has 0 aromatic heterocycles. The van der Waals surface area contributed by atoms with E-state index in [1.165, 1.54) is 12.1 Å². The van der Waals surface area contributed by atoms with Crippen LogP contribution in [0.1, 0.15) is 25.8 Å². The third-order valence-corrected chi connectivity index (χ3v) is 4.06. The van der Waals surface area contributed by atoms with Gasteiger partial charge in [-0.25, -0.2) is 9.18 Å². The number of anilines is 1. The number of rotatable bonds is 5. The molecule has 0 aliphatic carbocycles. The van der Waals surface area contributed by atoms with Gasteiger partial charge in [-0.3, -0.25) is 4.79 Å². The maximum absolute atomic E-state index is 13.3. The van der Waals surface area contributed by atoms with Crippen LogP contribution in [-0.4, -0.2) is 23.7 Å². The zero-order valence-electron chi connectivity index (χ0n) is 12.1. The molecule has 2 amide bonds. The van der Waals surface area contributed by atoms with Crippen LogP contribution in [0.15, 0.2) is 16.6 Å². The highest BCUT2D eigenvalue weighted by Crippen LogP contribution is 2.24. The molecule has 0 bridgehead atoms. The molecule has 7 heteroatoms. The van der Waals surface area contributed by atoms with Crippen LogP contribution in [0.5, 0.6) is 0 Å². The van der Waals surface area contributed by atoms with Crippen molar-refractivity contribution < 1.29 is 19.1 Å². The predicted molar refractivity (Wildman–Crippen MR) is 81.9 cm³/mol. The van der Waals surface area contributed by atoms with Crippen LogP contribution >= 0.6 is 15.9 Å². The number of carboxylic acid groups (broad SMARTS) is 1. The number of urea groups is 1. The summed E-state index contributed by atoms with van der Waals surface area (Å²) in [7, 11) is 0. The van der Waals surface area contributed by atoms with E-state index in [0.717, 1.165) is 0 Å². The summed E-state index contributed by atoms with van der Waals surface area (Å²) in [6, 6.07) is 2.23. The highest BCUT2D eigenvalue weighted by atomic mass is 79.9. The number of carbonyl (C=O) groups excluding carboxylic acids is 1. The molecule has 116 valence electrons. The molecule has 3 N–H and O–H groups in total. The number of aliphatic carboxylic acids is 1. The first kappa shape index (κ1) is 17.4. The summed E-state index contributed by atoms with van der Waals surface area (Å²) < 4.78 is 13.5. The van der Waals surface area contributed by atoms with Gasteiger partial charge in [0.2, 0.25) is 0 Å². The Balaban J connectivity index is 2.71. The summed E-state index contributed by atoms with van der Waals surface area (Å²) in [4.78, 5) is 23.0. The molecule has 0 aliphatic heterocycles. The number of halogens is 2. The van der Waals surface area contributed by atoms with Crippen molar-refractivity contribution in [2.45, 2.75) is 27.2 Å². The lowest BCUT2D eigenvalue weighted by atomic mass is 9.88. The topological polar surface area (TPSA) is 78.4 Å². The maximum atomic E-state index is 13.3. The van der Waals surface area contributed by atoms with Gasteiger partial charge in [0.05, 0.1) is 9.89 Å². The van der Waals surface area contributed by atoms with Crippen LogP contribution in [0.25, 0.3) is 0 Å². The molecule has 21 heavy (non-hydrogen) atoms. The quantitative estimate of drug-likeness (QED) is 0.751. The van der Waals surface area contributed by atoms with E-state index in [4.69, 9.17) is 5.11 Å². The SMILES string of the molecule is CCC(C)(CNC(=O)Nc1cc(Br)c(F)cc1C)C(=O)O. The average Bonchev–Trinajstić information content (AvgIpc) is 2.42. The van der Waals surface area contributed by atoms with Crippen molar-refractivity contribution in [1.82, 2.24) is 5.32 Å². The number of benzene rings is 1. The lowest BCUT2D eigenvalue weighted by Crippen LogP contribution is -2.42. The minimum atomic E-state index is -1.02. The number of hydrogen-bond donors (Lipinski definition) is 3. The van der Waals surface area contributed by atoms with Gasteiger partial charge in [-0.15, -0.1) is 0 Å². The number of carboxylic acids is 1. The van der Waals surface area contributed by atoms with Gasteiger partial charge in [-0.2, -0.15) is 0 Å². The first-order chi connectivity index (χ1) is 9.69. The Bertz CT molecular complexity index is 565. The van der Waals surface area contributed by atoms with Gasteiger partial charge in [-0.05, 0) is 53.9 Å². The monoisotopic (exact) mass is 360 g/mol. The zero-order chi connectivity index (χ0) is 16.2. The molecule has 1 unspecified atom stereocenters. The molecule has 0 aliphatic rings. The summed E-state index contributed by atoms with van der Waals surface area (Å²) in [5.41, 5.74) is 0.00657. The van der Waals surface area contributed by atoms with Crippen molar-refractivity contribution >= 4 is 33.6 Å². The second-order valence-corrected chi connectivity index (χ2v) is 5.96. The maximum Gasteiger partial charge on any atom is 0.319 e. The van der Waals surface area contributed by atoms with Crippen molar-refractivity contribution in [3.8, 4) is 0 Å². The molecule has 0 saturated carbocycles. The molecule has 5 nitrogen and oxygen atoms in total. The molecule has 1 aromatic rings. The average molecular weight is 361 g/mol. The van der Waals surface area contributed by atoms with Crippen molar-refractivity contribution in [1.29, 1.82) is 0 Å². The molecule has 0 spiro atoms. The van der Waals surface area contributed by atoms with E-state index in [1.54, 1.807) is 20.8 Å². The van der Waals surface area contributed by atoms with Crippen LogP contribution in [0, 0.1) is 18.2 Å². The third kappa shape index (κ3) is 4.42. The molecule has 1 rings (SSSR count). The lowest BCUT2D eigenvalue weighted by molar-refractivity contribution is -0.147. The first-order valence-electron chi connectivity index (χ1n) is 6.43. The van der Waals surface area contributed by atoms with Gasteiger partial charge in [0.25, 0.3) is 0 Å². The largest absolute Gasteiger partial charge is 0.481 e. The van der Waals surface area contributed by atoms with Gasteiger partial charge >= 0.3 is 12.0 Å². The smallest absolute Gasteiger partial charge is 0.319 e. The Hall–Kier alpha value is -1.63. The minimum absolute atomic E-state index is 0.00603. The zero-order valence-corrected chi connectivity index (χ0v) is 13.7. The Kier molecular flexibility index (Phi) is 5.71. The molecule has 0 saturated heterocycles. The second-order valence-electron chi connectivity index (χ2n) is 5.11. The first-order valence-corrected chi connectivity index (χ1v) is 7.23. The van der Waals surface area contributed by atoms with Gasteiger partial charge < -0.3 is 15.7 Å². The van der Waals surface area contributed by atoms with Crippen molar-refractivity contribution in [2.24, 2.45) is 5.41 Å². The van der Waals surface area contributed by atoms with Crippen LogP contribution in [0.2, 0.25) is 0 Å². The molecule has 0 heterocycles. The number of carbonyl (C=O) groups is 2. The molecule has 0 fully saturated rings. The highest BCUT2D eigenvalue weighted by molar-refractivity contribution is 9.10. The Labute approximate surface area is 131 Å². The lowest BCUT2D eigenvalue weighted by Gasteiger charge is -2.23. The fourth-order valence-electron chi connectivity index (χ4n) is 1.57. The van der Waals surface area contributed by atoms with Crippen molar-refractivity contribution in [3.63, 3.8) is 0 Å². The van der Waals surface area contributed by atoms with E-state index in [1.807, 2.05) is 0 Å². The standard InChI is InChI=1S/C14H18BrFN2O3/c1-4-14(3,12(19)20)7-17-13(21)18-11-6-9(15)10(16)5-8(11)2/h5-6H,4,7H2,1-3H3,(H,19,20)(H2,17,18,21). The van der Waals surface area contributed by atoms with E-state index in [2.05, 4.69) is 26.6 Å². The van der Waals surface area contributed by atoms with Crippen molar-refractivity contribution in [3.05, 3.63) is 28.0 Å². The molecular weight excluding hydrogens is 343 g/mol. The van der Waals surface area contributed by atoms with E-state index in [-0.39, 0.29) is 11.0 Å². The van der Waals surface area contributed by atoms with Crippen molar-refractivity contribution in [2.75, 3.05) is 11.9 Å². The van der Waals surface area contributed by atoms with Crippen LogP contribution < -0.4 is 10.6 Å². The molecular formula is C14H18BrFN2O3. The number of aryl methyl sites for hydroxylation is 1. The number of hydrogen-bond acceptors (Lipinski definition) is 2. The van der Waals surface area contributed by atoms with E-state index in [0.29, 0.717) is 17.7 Å². The normalized spacial score (nSPS) is 13.4. The van der Waals surface area contributed by atoms with Gasteiger partial charge in [0.15, 0.2) is 0 Å². The molecule has 1 aromatic carbocycles. The summed E-state index contributed by atoms with van der Waals surface area (Å²) in [5, 5.41) is 14.2. The fraction of sp³-hybridized carbons (Fsp3) is 0.429. The highest BCUT2D eigenvalue weighted by Gasteiger charge is 2.31. The summed E-state index contributed by atoms with van der Waals surface area (Å²) in [5.74, 6) is -1.38. The molecule has 1 atom stereocenters. The Morgan fingerprint density at radius 1 is 1.43 bits per heavy atom. The van der Waals surface area contributed by atoms with E-state index >= 15 is 0 Å². The van der Waals surface area contributed by atoms with Crippen LogP contribution in [0.4, 0.5) is 14.9 Å². The van der Waals surface area contributed by atoms with E-state index in [9.17, 15) is 14.0 Å². The molecule has 0 radical (unpaired) electrons. The third-order valence-electron chi connectivity index (χ3n) is 3.45.